The molecular formula is C27H26N2O5S. The second-order valence-corrected chi connectivity index (χ2v) is 9.59. The van der Waals surface area contributed by atoms with Crippen LogP contribution in [-0.4, -0.2) is 34.5 Å². The number of aliphatic hydroxyl groups is 1. The van der Waals surface area contributed by atoms with E-state index in [1.807, 2.05) is 37.3 Å². The molecule has 2 aromatic carbocycles. The molecule has 0 spiro atoms. The lowest BCUT2D eigenvalue weighted by molar-refractivity contribution is -0.132. The first-order valence-electron chi connectivity index (χ1n) is 11.7. The molecule has 180 valence electrons. The van der Waals surface area contributed by atoms with Gasteiger partial charge in [-0.05, 0) is 54.8 Å². The van der Waals surface area contributed by atoms with Crippen molar-refractivity contribution in [3.63, 3.8) is 0 Å². The third-order valence-electron chi connectivity index (χ3n) is 6.18. The Bertz CT molecular complexity index is 1300. The number of rotatable bonds is 7. The number of unbranched alkanes of at least 4 members (excludes halogenated alkanes) is 1. The SMILES string of the molecule is CCCCOc1cccc(C2/C(=C(\O)c3ccc4c(c3)CC(C)O4)C(=O)C(=O)N2c2nccs2)c1. The van der Waals surface area contributed by atoms with Gasteiger partial charge in [0.15, 0.2) is 5.13 Å². The van der Waals surface area contributed by atoms with Gasteiger partial charge in [0.25, 0.3) is 5.78 Å². The summed E-state index contributed by atoms with van der Waals surface area (Å²) in [6.45, 7) is 4.64. The molecule has 2 aliphatic rings. The highest BCUT2D eigenvalue weighted by Gasteiger charge is 2.48. The van der Waals surface area contributed by atoms with Crippen LogP contribution in [-0.2, 0) is 16.0 Å². The summed E-state index contributed by atoms with van der Waals surface area (Å²) < 4.78 is 11.6. The smallest absolute Gasteiger partial charge is 0.301 e. The summed E-state index contributed by atoms with van der Waals surface area (Å²) in [6.07, 6.45) is 4.28. The molecule has 1 saturated heterocycles. The highest BCUT2D eigenvalue weighted by atomic mass is 32.1. The Morgan fingerprint density at radius 1 is 1.26 bits per heavy atom. The number of hydrogen-bond donors (Lipinski definition) is 1. The predicted molar refractivity (Wildman–Crippen MR) is 134 cm³/mol. The van der Waals surface area contributed by atoms with Crippen LogP contribution in [0, 0.1) is 0 Å². The number of nitrogens with zero attached hydrogens (tertiary/aromatic N) is 2. The van der Waals surface area contributed by atoms with Crippen LogP contribution in [0.5, 0.6) is 11.5 Å². The van der Waals surface area contributed by atoms with Gasteiger partial charge in [0.2, 0.25) is 0 Å². The number of ether oxygens (including phenoxy) is 2. The van der Waals surface area contributed by atoms with Crippen LogP contribution < -0.4 is 14.4 Å². The number of anilines is 1. The molecule has 7 nitrogen and oxygen atoms in total. The first kappa shape index (κ1) is 23.1. The number of carbonyl (C=O) groups excluding carboxylic acids is 2. The molecule has 2 unspecified atom stereocenters. The van der Waals surface area contributed by atoms with Crippen molar-refractivity contribution in [3.8, 4) is 11.5 Å². The molecule has 0 bridgehead atoms. The van der Waals surface area contributed by atoms with Crippen molar-refractivity contribution in [2.24, 2.45) is 0 Å². The maximum Gasteiger partial charge on any atom is 0.301 e. The lowest BCUT2D eigenvalue weighted by Gasteiger charge is -2.23. The number of carbonyl (C=O) groups is 2. The number of amides is 1. The zero-order valence-electron chi connectivity index (χ0n) is 19.6. The molecular weight excluding hydrogens is 464 g/mol. The molecule has 0 saturated carbocycles. The van der Waals surface area contributed by atoms with Crippen molar-refractivity contribution in [2.75, 3.05) is 11.5 Å². The molecule has 2 atom stereocenters. The van der Waals surface area contributed by atoms with Gasteiger partial charge in [-0.25, -0.2) is 4.98 Å². The van der Waals surface area contributed by atoms with Crippen LogP contribution in [0.3, 0.4) is 0 Å². The van der Waals surface area contributed by atoms with Crippen LogP contribution >= 0.6 is 11.3 Å². The Labute approximate surface area is 207 Å². The minimum atomic E-state index is -0.834. The lowest BCUT2D eigenvalue weighted by atomic mass is 9.94. The molecule has 3 aromatic rings. The van der Waals surface area contributed by atoms with Crippen LogP contribution in [0.1, 0.15) is 49.4 Å². The number of ketones is 1. The summed E-state index contributed by atoms with van der Waals surface area (Å²) in [5.41, 5.74) is 2.12. The molecule has 0 aliphatic carbocycles. The summed E-state index contributed by atoms with van der Waals surface area (Å²) in [4.78, 5) is 32.2. The number of aromatic nitrogens is 1. The van der Waals surface area contributed by atoms with E-state index in [0.717, 1.165) is 24.2 Å². The van der Waals surface area contributed by atoms with E-state index in [0.29, 0.717) is 35.0 Å². The van der Waals surface area contributed by atoms with Crippen molar-refractivity contribution in [2.45, 2.75) is 45.3 Å². The van der Waals surface area contributed by atoms with E-state index in [4.69, 9.17) is 9.47 Å². The molecule has 35 heavy (non-hydrogen) atoms. The standard InChI is InChI=1S/C27H26N2O5S/c1-3-4-11-33-20-7-5-6-17(15-20)23-22(25(31)26(32)29(23)27-28-10-12-35-27)24(30)18-8-9-21-19(14-18)13-16(2)34-21/h5-10,12,14-16,23,30H,3-4,11,13H2,1-2H3/b24-22+. The van der Waals surface area contributed by atoms with E-state index in [2.05, 4.69) is 11.9 Å². The Balaban J connectivity index is 1.62. The Hall–Kier alpha value is -3.65. The van der Waals surface area contributed by atoms with E-state index in [9.17, 15) is 14.7 Å². The first-order valence-corrected chi connectivity index (χ1v) is 12.6. The van der Waals surface area contributed by atoms with Crippen LogP contribution in [0.2, 0.25) is 0 Å². The Morgan fingerprint density at radius 2 is 2.11 bits per heavy atom. The summed E-state index contributed by atoms with van der Waals surface area (Å²) in [6, 6.07) is 11.8. The summed E-state index contributed by atoms with van der Waals surface area (Å²) >= 11 is 1.26. The number of fused-ring (bicyclic) bond motifs is 1. The van der Waals surface area contributed by atoms with Crippen molar-refractivity contribution in [1.29, 1.82) is 0 Å². The third-order valence-corrected chi connectivity index (χ3v) is 6.95. The Morgan fingerprint density at radius 3 is 2.89 bits per heavy atom. The van der Waals surface area contributed by atoms with E-state index < -0.39 is 17.7 Å². The van der Waals surface area contributed by atoms with E-state index in [-0.39, 0.29) is 17.4 Å². The molecule has 1 fully saturated rings. The Kier molecular flexibility index (Phi) is 6.30. The summed E-state index contributed by atoms with van der Waals surface area (Å²) in [5.74, 6) is -0.269. The normalized spacial score (nSPS) is 20.7. The van der Waals surface area contributed by atoms with E-state index in [1.54, 1.807) is 23.7 Å². The van der Waals surface area contributed by atoms with Crippen molar-refractivity contribution in [1.82, 2.24) is 4.98 Å². The maximum atomic E-state index is 13.3. The predicted octanol–water partition coefficient (Wildman–Crippen LogP) is 5.27. The largest absolute Gasteiger partial charge is 0.507 e. The number of hydrogen-bond acceptors (Lipinski definition) is 7. The molecule has 0 radical (unpaired) electrons. The first-order chi connectivity index (χ1) is 17.0. The van der Waals surface area contributed by atoms with Crippen molar-refractivity contribution in [3.05, 3.63) is 76.3 Å². The highest BCUT2D eigenvalue weighted by Crippen LogP contribution is 2.44. The van der Waals surface area contributed by atoms with Gasteiger partial charge in [0.1, 0.15) is 23.4 Å². The van der Waals surface area contributed by atoms with E-state index >= 15 is 0 Å². The van der Waals surface area contributed by atoms with E-state index in [1.165, 1.54) is 16.2 Å². The zero-order valence-corrected chi connectivity index (χ0v) is 20.4. The van der Waals surface area contributed by atoms with Crippen LogP contribution in [0.15, 0.2) is 59.6 Å². The maximum absolute atomic E-state index is 13.3. The molecule has 2 aliphatic heterocycles. The van der Waals surface area contributed by atoms with Crippen molar-refractivity contribution >= 4 is 33.9 Å². The number of Topliss-reactive ketones (excluding diaryl/α,β-unsaturated/α-hetero) is 1. The minimum absolute atomic E-state index is 0.0304. The molecule has 1 aromatic heterocycles. The van der Waals surface area contributed by atoms with Crippen molar-refractivity contribution < 1.29 is 24.2 Å². The fraction of sp³-hybridized carbons (Fsp3) is 0.296. The molecule has 1 amide bonds. The molecule has 1 N–H and O–H groups in total. The highest BCUT2D eigenvalue weighted by molar-refractivity contribution is 7.14. The van der Waals surface area contributed by atoms with Crippen LogP contribution in [0.25, 0.3) is 5.76 Å². The van der Waals surface area contributed by atoms with Gasteiger partial charge in [-0.2, -0.15) is 0 Å². The topological polar surface area (TPSA) is 89.0 Å². The molecule has 5 rings (SSSR count). The third kappa shape index (κ3) is 4.30. The molecule has 8 heteroatoms. The van der Waals surface area contributed by atoms with Gasteiger partial charge >= 0.3 is 5.91 Å². The van der Waals surface area contributed by atoms with Gasteiger partial charge in [0.05, 0.1) is 18.2 Å². The minimum Gasteiger partial charge on any atom is -0.507 e. The monoisotopic (exact) mass is 490 g/mol. The molecule has 3 heterocycles. The number of thiazole rings is 1. The fourth-order valence-corrected chi connectivity index (χ4v) is 5.18. The second kappa shape index (κ2) is 9.54. The van der Waals surface area contributed by atoms with Gasteiger partial charge in [0, 0.05) is 23.6 Å². The summed E-state index contributed by atoms with van der Waals surface area (Å²) in [7, 11) is 0. The van der Waals surface area contributed by atoms with Gasteiger partial charge < -0.3 is 14.6 Å². The lowest BCUT2D eigenvalue weighted by Crippen LogP contribution is -2.29. The average Bonchev–Trinajstić information content (AvgIpc) is 3.57. The van der Waals surface area contributed by atoms with Crippen LogP contribution in [0.4, 0.5) is 5.13 Å². The van der Waals surface area contributed by atoms with Gasteiger partial charge in [-0.3, -0.25) is 14.5 Å². The zero-order chi connectivity index (χ0) is 24.5. The quantitative estimate of drug-likeness (QED) is 0.210. The van der Waals surface area contributed by atoms with Gasteiger partial charge in [-0.1, -0.05) is 25.5 Å². The average molecular weight is 491 g/mol. The summed E-state index contributed by atoms with van der Waals surface area (Å²) in [5, 5.41) is 13.5. The van der Waals surface area contributed by atoms with Gasteiger partial charge in [-0.15, -0.1) is 11.3 Å². The number of benzene rings is 2. The fourth-order valence-electron chi connectivity index (χ4n) is 4.51. The second-order valence-electron chi connectivity index (χ2n) is 8.71. The number of aliphatic hydroxyl groups excluding tert-OH is 1.